The molecular formula is C29H29N5O2. The molecule has 4 rings (SSSR count). The number of rotatable bonds is 9. The molecule has 7 nitrogen and oxygen atoms in total. The van der Waals surface area contributed by atoms with Crippen LogP contribution in [-0.2, 0) is 6.42 Å². The zero-order chi connectivity index (χ0) is 25.5. The average Bonchev–Trinajstić information content (AvgIpc) is 2.93. The fourth-order valence-electron chi connectivity index (χ4n) is 4.46. The SMILES string of the molecule is CCC(c1nc2ccccn2c(=O)c1Cc1ccccc1)N(CCCN)C(=O)c1ccc(C#N)cc1. The first-order valence-electron chi connectivity index (χ1n) is 12.1. The van der Waals surface area contributed by atoms with Crippen LogP contribution in [0, 0.1) is 11.3 Å². The van der Waals surface area contributed by atoms with Crippen LogP contribution >= 0.6 is 0 Å². The Labute approximate surface area is 210 Å². The third-order valence-electron chi connectivity index (χ3n) is 6.29. The minimum absolute atomic E-state index is 0.137. The molecule has 4 aromatic rings. The molecule has 2 aromatic heterocycles. The number of fused-ring (bicyclic) bond motifs is 1. The van der Waals surface area contributed by atoms with E-state index in [1.807, 2.05) is 43.3 Å². The molecule has 0 aliphatic rings. The topological polar surface area (TPSA) is 104 Å². The molecular weight excluding hydrogens is 450 g/mol. The van der Waals surface area contributed by atoms with Crippen LogP contribution in [0.15, 0.2) is 83.8 Å². The quantitative estimate of drug-likeness (QED) is 0.389. The maximum absolute atomic E-state index is 13.7. The van der Waals surface area contributed by atoms with Gasteiger partial charge in [0.05, 0.1) is 23.4 Å². The summed E-state index contributed by atoms with van der Waals surface area (Å²) in [6.45, 7) is 2.85. The predicted molar refractivity (Wildman–Crippen MR) is 140 cm³/mol. The van der Waals surface area contributed by atoms with E-state index in [4.69, 9.17) is 16.0 Å². The summed E-state index contributed by atoms with van der Waals surface area (Å²) in [6.07, 6.45) is 3.31. The summed E-state index contributed by atoms with van der Waals surface area (Å²) >= 11 is 0. The lowest BCUT2D eigenvalue weighted by Gasteiger charge is -2.32. The van der Waals surface area contributed by atoms with Gasteiger partial charge in [-0.15, -0.1) is 0 Å². The second kappa shape index (κ2) is 11.4. The number of nitrogens with two attached hydrogens (primary N) is 1. The number of nitriles is 1. The highest BCUT2D eigenvalue weighted by Gasteiger charge is 2.29. The number of amides is 1. The number of carbonyl (C=O) groups is 1. The molecule has 36 heavy (non-hydrogen) atoms. The number of benzene rings is 2. The van der Waals surface area contributed by atoms with Crippen LogP contribution in [0.4, 0.5) is 0 Å². The third-order valence-corrected chi connectivity index (χ3v) is 6.29. The number of carbonyl (C=O) groups excluding carboxylic acids is 1. The monoisotopic (exact) mass is 479 g/mol. The summed E-state index contributed by atoms with van der Waals surface area (Å²) in [5, 5.41) is 9.13. The maximum atomic E-state index is 13.7. The summed E-state index contributed by atoms with van der Waals surface area (Å²) in [7, 11) is 0. The van der Waals surface area contributed by atoms with E-state index in [1.165, 1.54) is 0 Å². The number of hydrogen-bond donors (Lipinski definition) is 1. The summed E-state index contributed by atoms with van der Waals surface area (Å²) in [5.74, 6) is -0.180. The van der Waals surface area contributed by atoms with Crippen molar-refractivity contribution in [2.24, 2.45) is 5.73 Å². The lowest BCUT2D eigenvalue weighted by Crippen LogP contribution is -2.38. The Morgan fingerprint density at radius 1 is 1.08 bits per heavy atom. The van der Waals surface area contributed by atoms with Gasteiger partial charge in [0.15, 0.2) is 0 Å². The van der Waals surface area contributed by atoms with Gasteiger partial charge in [0, 0.05) is 30.3 Å². The van der Waals surface area contributed by atoms with Gasteiger partial charge in [-0.3, -0.25) is 14.0 Å². The van der Waals surface area contributed by atoms with Crippen molar-refractivity contribution in [1.29, 1.82) is 5.26 Å². The van der Waals surface area contributed by atoms with Crippen LogP contribution in [0.5, 0.6) is 0 Å². The zero-order valence-electron chi connectivity index (χ0n) is 20.3. The van der Waals surface area contributed by atoms with Crippen molar-refractivity contribution in [2.45, 2.75) is 32.2 Å². The highest BCUT2D eigenvalue weighted by molar-refractivity contribution is 5.94. The number of nitrogens with zero attached hydrogens (tertiary/aromatic N) is 4. The van der Waals surface area contributed by atoms with Crippen LogP contribution in [0.1, 0.15) is 58.5 Å². The molecule has 2 aromatic carbocycles. The van der Waals surface area contributed by atoms with E-state index in [1.54, 1.807) is 51.9 Å². The van der Waals surface area contributed by atoms with Crippen LogP contribution in [0.2, 0.25) is 0 Å². The van der Waals surface area contributed by atoms with Crippen LogP contribution in [0.25, 0.3) is 5.65 Å². The molecule has 182 valence electrons. The number of aromatic nitrogens is 2. The maximum Gasteiger partial charge on any atom is 0.261 e. The fourth-order valence-corrected chi connectivity index (χ4v) is 4.46. The number of hydrogen-bond acceptors (Lipinski definition) is 5. The molecule has 0 spiro atoms. The Bertz CT molecular complexity index is 1440. The summed E-state index contributed by atoms with van der Waals surface area (Å²) in [4.78, 5) is 34.1. The van der Waals surface area contributed by atoms with Gasteiger partial charge >= 0.3 is 0 Å². The van der Waals surface area contributed by atoms with Crippen molar-refractivity contribution in [1.82, 2.24) is 14.3 Å². The normalized spacial score (nSPS) is 11.7. The highest BCUT2D eigenvalue weighted by Crippen LogP contribution is 2.28. The zero-order valence-corrected chi connectivity index (χ0v) is 20.3. The van der Waals surface area contributed by atoms with Crippen LogP contribution < -0.4 is 11.3 Å². The molecule has 0 bridgehead atoms. The van der Waals surface area contributed by atoms with Gasteiger partial charge in [0.25, 0.3) is 11.5 Å². The van der Waals surface area contributed by atoms with Crippen molar-refractivity contribution in [2.75, 3.05) is 13.1 Å². The highest BCUT2D eigenvalue weighted by atomic mass is 16.2. The fraction of sp³-hybridized carbons (Fsp3) is 0.241. The molecule has 0 saturated carbocycles. The van der Waals surface area contributed by atoms with Crippen LogP contribution in [0.3, 0.4) is 0 Å². The Morgan fingerprint density at radius 2 is 1.81 bits per heavy atom. The standard InChI is InChI=1S/C29H29N5O2/c1-2-25(33(18-8-16-30)28(35)23-14-12-22(20-31)13-15-23)27-24(19-21-9-4-3-5-10-21)29(36)34-17-7-6-11-26(34)32-27/h3-7,9-15,17,25H,2,8,16,18-19,30H2,1H3. The smallest absolute Gasteiger partial charge is 0.261 e. The first-order chi connectivity index (χ1) is 17.6. The van der Waals surface area contributed by atoms with Gasteiger partial charge in [0.1, 0.15) is 5.65 Å². The minimum atomic E-state index is -0.420. The molecule has 1 unspecified atom stereocenters. The second-order valence-electron chi connectivity index (χ2n) is 8.63. The molecule has 0 saturated heterocycles. The second-order valence-corrected chi connectivity index (χ2v) is 8.63. The van der Waals surface area contributed by atoms with Gasteiger partial charge < -0.3 is 10.6 Å². The lowest BCUT2D eigenvalue weighted by atomic mass is 9.97. The van der Waals surface area contributed by atoms with Gasteiger partial charge in [-0.05, 0) is 61.3 Å². The Kier molecular flexibility index (Phi) is 7.89. The molecule has 1 amide bonds. The van der Waals surface area contributed by atoms with E-state index < -0.39 is 6.04 Å². The van der Waals surface area contributed by atoms with Gasteiger partial charge in [-0.25, -0.2) is 4.98 Å². The van der Waals surface area contributed by atoms with Crippen molar-refractivity contribution in [3.8, 4) is 6.07 Å². The summed E-state index contributed by atoms with van der Waals surface area (Å²) < 4.78 is 1.56. The summed E-state index contributed by atoms with van der Waals surface area (Å²) in [6, 6.07) is 23.5. The van der Waals surface area contributed by atoms with Crippen molar-refractivity contribution < 1.29 is 4.79 Å². The lowest BCUT2D eigenvalue weighted by molar-refractivity contribution is 0.0664. The molecule has 0 aliphatic carbocycles. The molecule has 0 fully saturated rings. The van der Waals surface area contributed by atoms with Crippen molar-refractivity contribution in [3.05, 3.63) is 117 Å². The Balaban J connectivity index is 1.85. The predicted octanol–water partition coefficient (Wildman–Crippen LogP) is 4.10. The molecule has 2 heterocycles. The third kappa shape index (κ3) is 5.19. The summed E-state index contributed by atoms with van der Waals surface area (Å²) in [5.41, 5.74) is 9.36. The number of pyridine rings is 1. The van der Waals surface area contributed by atoms with Crippen molar-refractivity contribution in [3.63, 3.8) is 0 Å². The van der Waals surface area contributed by atoms with E-state index in [-0.39, 0.29) is 11.5 Å². The Morgan fingerprint density at radius 3 is 2.47 bits per heavy atom. The van der Waals surface area contributed by atoms with Gasteiger partial charge in [-0.1, -0.05) is 43.3 Å². The van der Waals surface area contributed by atoms with E-state index >= 15 is 0 Å². The largest absolute Gasteiger partial charge is 0.330 e. The first kappa shape index (κ1) is 24.8. The van der Waals surface area contributed by atoms with E-state index in [9.17, 15) is 9.59 Å². The minimum Gasteiger partial charge on any atom is -0.330 e. The van der Waals surface area contributed by atoms with Gasteiger partial charge in [0.2, 0.25) is 0 Å². The Hall–Kier alpha value is -4.28. The van der Waals surface area contributed by atoms with E-state index in [0.29, 0.717) is 60.4 Å². The van der Waals surface area contributed by atoms with Crippen LogP contribution in [-0.4, -0.2) is 33.3 Å². The van der Waals surface area contributed by atoms with Crippen molar-refractivity contribution >= 4 is 11.6 Å². The molecule has 7 heteroatoms. The molecule has 1 atom stereocenters. The first-order valence-corrected chi connectivity index (χ1v) is 12.1. The molecule has 0 radical (unpaired) electrons. The average molecular weight is 480 g/mol. The van der Waals surface area contributed by atoms with E-state index in [2.05, 4.69) is 6.07 Å². The molecule has 2 N–H and O–H groups in total. The molecule has 0 aliphatic heterocycles. The van der Waals surface area contributed by atoms with Gasteiger partial charge in [-0.2, -0.15) is 5.26 Å². The van der Waals surface area contributed by atoms with E-state index in [0.717, 1.165) is 5.56 Å².